The van der Waals surface area contributed by atoms with Gasteiger partial charge in [0.1, 0.15) is 11.5 Å². The van der Waals surface area contributed by atoms with E-state index in [0.717, 1.165) is 5.56 Å². The zero-order valence-electron chi connectivity index (χ0n) is 15.3. The zero-order chi connectivity index (χ0) is 19.4. The second kappa shape index (κ2) is 7.87. The maximum absolute atomic E-state index is 12.4. The van der Waals surface area contributed by atoms with Crippen molar-refractivity contribution in [3.8, 4) is 11.5 Å². The number of sulfonamides is 1. The van der Waals surface area contributed by atoms with Gasteiger partial charge in [-0.2, -0.15) is 0 Å². The van der Waals surface area contributed by atoms with E-state index in [1.807, 2.05) is 6.07 Å². The fourth-order valence-electron chi connectivity index (χ4n) is 2.98. The van der Waals surface area contributed by atoms with E-state index in [1.165, 1.54) is 4.31 Å². The van der Waals surface area contributed by atoms with E-state index >= 15 is 0 Å². The molecule has 0 atom stereocenters. The van der Waals surface area contributed by atoms with Gasteiger partial charge < -0.3 is 14.8 Å². The van der Waals surface area contributed by atoms with Crippen molar-refractivity contribution in [2.75, 3.05) is 30.8 Å². The fourth-order valence-corrected chi connectivity index (χ4v) is 4.55. The number of hydrogen-bond donors (Lipinski definition) is 1. The van der Waals surface area contributed by atoms with Gasteiger partial charge in [-0.3, -0.25) is 9.10 Å². The summed E-state index contributed by atoms with van der Waals surface area (Å²) in [6.45, 7) is 0.777. The highest BCUT2D eigenvalue weighted by Crippen LogP contribution is 2.25. The first kappa shape index (κ1) is 19.0. The molecule has 8 heteroatoms. The summed E-state index contributed by atoms with van der Waals surface area (Å²) < 4.78 is 35.8. The van der Waals surface area contributed by atoms with Gasteiger partial charge in [0.15, 0.2) is 0 Å². The number of amides is 1. The van der Waals surface area contributed by atoms with Crippen LogP contribution < -0.4 is 19.1 Å². The summed E-state index contributed by atoms with van der Waals surface area (Å²) in [4.78, 5) is 12.4. The Bertz CT molecular complexity index is 926. The van der Waals surface area contributed by atoms with Crippen molar-refractivity contribution < 1.29 is 22.7 Å². The molecule has 1 N–H and O–H groups in total. The number of hydrogen-bond acceptors (Lipinski definition) is 5. The highest BCUT2D eigenvalue weighted by molar-refractivity contribution is 7.93. The number of methoxy groups -OCH3 is 2. The van der Waals surface area contributed by atoms with Crippen LogP contribution in [0.25, 0.3) is 0 Å². The predicted molar refractivity (Wildman–Crippen MR) is 103 cm³/mol. The molecule has 27 heavy (non-hydrogen) atoms. The fraction of sp³-hybridized carbons (Fsp3) is 0.316. The summed E-state index contributed by atoms with van der Waals surface area (Å²) in [5, 5.41) is 2.84. The maximum Gasteiger partial charge on any atom is 0.251 e. The number of carbonyl (C=O) groups excluding carboxylic acids is 1. The Balaban J connectivity index is 1.67. The van der Waals surface area contributed by atoms with Crippen molar-refractivity contribution in [3.05, 3.63) is 53.6 Å². The minimum absolute atomic E-state index is 0.166. The van der Waals surface area contributed by atoms with Crippen molar-refractivity contribution in [1.82, 2.24) is 5.32 Å². The molecule has 7 nitrogen and oxygen atoms in total. The topological polar surface area (TPSA) is 84.9 Å². The van der Waals surface area contributed by atoms with Crippen LogP contribution in [0.15, 0.2) is 42.5 Å². The Morgan fingerprint density at radius 2 is 1.85 bits per heavy atom. The second-order valence-electron chi connectivity index (χ2n) is 6.15. The Morgan fingerprint density at radius 1 is 1.11 bits per heavy atom. The normalized spacial score (nSPS) is 15.4. The van der Waals surface area contributed by atoms with Crippen molar-refractivity contribution >= 4 is 21.6 Å². The minimum atomic E-state index is -3.22. The third-order valence-electron chi connectivity index (χ3n) is 4.45. The van der Waals surface area contributed by atoms with Crippen LogP contribution in [-0.2, 0) is 16.6 Å². The molecule has 0 aliphatic carbocycles. The molecule has 0 aromatic heterocycles. The summed E-state index contributed by atoms with van der Waals surface area (Å²) in [6, 6.07) is 12.0. The first-order valence-corrected chi connectivity index (χ1v) is 10.1. The highest BCUT2D eigenvalue weighted by Gasteiger charge is 2.28. The van der Waals surface area contributed by atoms with E-state index in [0.29, 0.717) is 42.3 Å². The number of benzene rings is 2. The molecule has 2 aromatic carbocycles. The quantitative estimate of drug-likeness (QED) is 0.817. The summed E-state index contributed by atoms with van der Waals surface area (Å²) >= 11 is 0. The van der Waals surface area contributed by atoms with E-state index in [-0.39, 0.29) is 11.7 Å². The Hall–Kier alpha value is -2.74. The van der Waals surface area contributed by atoms with Gasteiger partial charge in [-0.05, 0) is 42.8 Å². The van der Waals surface area contributed by atoms with Crippen LogP contribution in [0.4, 0.5) is 5.69 Å². The third kappa shape index (κ3) is 4.16. The lowest BCUT2D eigenvalue weighted by atomic mass is 10.1. The lowest BCUT2D eigenvalue weighted by molar-refractivity contribution is 0.0950. The molecule has 1 heterocycles. The van der Waals surface area contributed by atoms with E-state index < -0.39 is 10.0 Å². The van der Waals surface area contributed by atoms with Gasteiger partial charge in [-0.1, -0.05) is 0 Å². The van der Waals surface area contributed by atoms with Crippen LogP contribution in [0.2, 0.25) is 0 Å². The number of nitrogens with one attached hydrogen (secondary N) is 1. The average molecular weight is 390 g/mol. The lowest BCUT2D eigenvalue weighted by Gasteiger charge is -2.17. The molecule has 144 valence electrons. The molecule has 0 radical (unpaired) electrons. The van der Waals surface area contributed by atoms with E-state index in [9.17, 15) is 13.2 Å². The molecule has 0 unspecified atom stereocenters. The zero-order valence-corrected chi connectivity index (χ0v) is 16.1. The molecule has 1 amide bonds. The largest absolute Gasteiger partial charge is 0.497 e. The van der Waals surface area contributed by atoms with E-state index in [1.54, 1.807) is 50.6 Å². The Kier molecular flexibility index (Phi) is 5.55. The molecule has 2 aromatic rings. The molecule has 0 bridgehead atoms. The number of ether oxygens (including phenoxy) is 2. The Morgan fingerprint density at radius 3 is 2.44 bits per heavy atom. The van der Waals surface area contributed by atoms with Crippen LogP contribution in [0.5, 0.6) is 11.5 Å². The minimum Gasteiger partial charge on any atom is -0.497 e. The molecule has 3 rings (SSSR count). The molecule has 0 spiro atoms. The van der Waals surface area contributed by atoms with Crippen molar-refractivity contribution in [2.45, 2.75) is 13.0 Å². The molecule has 1 aliphatic heterocycles. The molecular formula is C19H22N2O5S. The molecule has 1 aliphatic rings. The third-order valence-corrected chi connectivity index (χ3v) is 6.32. The number of nitrogens with zero attached hydrogens (tertiary/aromatic N) is 1. The number of rotatable bonds is 6. The average Bonchev–Trinajstić information content (AvgIpc) is 3.05. The number of carbonyl (C=O) groups is 1. The monoisotopic (exact) mass is 390 g/mol. The standard InChI is InChI=1S/C19H22N2O5S/c1-25-17-9-6-15(18(12-17)26-2)13-20-19(22)14-4-7-16(8-5-14)21-10-3-11-27(21,23)24/h4-9,12H,3,10-11,13H2,1-2H3,(H,20,22). The number of anilines is 1. The Labute approximate surface area is 158 Å². The molecule has 1 fully saturated rings. The van der Waals surface area contributed by atoms with E-state index in [2.05, 4.69) is 5.32 Å². The first-order chi connectivity index (χ1) is 12.9. The van der Waals surface area contributed by atoms with Gasteiger partial charge in [-0.25, -0.2) is 8.42 Å². The summed E-state index contributed by atoms with van der Waals surface area (Å²) in [6.07, 6.45) is 0.619. The summed E-state index contributed by atoms with van der Waals surface area (Å²) in [5.74, 6) is 1.22. The molecular weight excluding hydrogens is 368 g/mol. The smallest absolute Gasteiger partial charge is 0.251 e. The predicted octanol–water partition coefficient (Wildman–Crippen LogP) is 2.17. The molecule has 0 saturated carbocycles. The van der Waals surface area contributed by atoms with Gasteiger partial charge in [-0.15, -0.1) is 0 Å². The van der Waals surface area contributed by atoms with Gasteiger partial charge in [0.25, 0.3) is 5.91 Å². The summed E-state index contributed by atoms with van der Waals surface area (Å²) in [5.41, 5.74) is 1.87. The van der Waals surface area contributed by atoms with Crippen LogP contribution in [0.3, 0.4) is 0 Å². The van der Waals surface area contributed by atoms with Crippen molar-refractivity contribution in [1.29, 1.82) is 0 Å². The van der Waals surface area contributed by atoms with Crippen molar-refractivity contribution in [2.24, 2.45) is 0 Å². The van der Waals surface area contributed by atoms with Crippen LogP contribution in [-0.4, -0.2) is 40.8 Å². The molecule has 1 saturated heterocycles. The second-order valence-corrected chi connectivity index (χ2v) is 8.16. The SMILES string of the molecule is COc1ccc(CNC(=O)c2ccc(N3CCCS3(=O)=O)cc2)c(OC)c1. The van der Waals surface area contributed by atoms with Gasteiger partial charge in [0.2, 0.25) is 10.0 Å². The van der Waals surface area contributed by atoms with Gasteiger partial charge >= 0.3 is 0 Å². The lowest BCUT2D eigenvalue weighted by Crippen LogP contribution is -2.25. The van der Waals surface area contributed by atoms with Crippen molar-refractivity contribution in [3.63, 3.8) is 0 Å². The van der Waals surface area contributed by atoms with Crippen LogP contribution in [0.1, 0.15) is 22.3 Å². The maximum atomic E-state index is 12.4. The van der Waals surface area contributed by atoms with Gasteiger partial charge in [0, 0.05) is 30.3 Å². The highest BCUT2D eigenvalue weighted by atomic mass is 32.2. The van der Waals surface area contributed by atoms with Gasteiger partial charge in [0.05, 0.1) is 25.7 Å². The van der Waals surface area contributed by atoms with Crippen LogP contribution >= 0.6 is 0 Å². The van der Waals surface area contributed by atoms with Crippen LogP contribution in [0, 0.1) is 0 Å². The van der Waals surface area contributed by atoms with E-state index in [4.69, 9.17) is 9.47 Å². The summed E-state index contributed by atoms with van der Waals surface area (Å²) in [7, 11) is -0.0869. The first-order valence-electron chi connectivity index (χ1n) is 8.54.